The van der Waals surface area contributed by atoms with Crippen molar-refractivity contribution in [2.75, 3.05) is 14.1 Å². The molecule has 20 heavy (non-hydrogen) atoms. The first-order chi connectivity index (χ1) is 9.68. The standard InChI is InChI=1S/C15H18N4O/c1-19(2)14(13-6-4-8-17-11-13)15(20)18-10-12-5-3-7-16-9-12/h3-9,11,14H,10H2,1-2H3,(H,18,20). The molecule has 5 heteroatoms. The van der Waals surface area contributed by atoms with Crippen molar-refractivity contribution in [2.24, 2.45) is 0 Å². The lowest BCUT2D eigenvalue weighted by Gasteiger charge is -2.23. The van der Waals surface area contributed by atoms with Gasteiger partial charge >= 0.3 is 0 Å². The van der Waals surface area contributed by atoms with Crippen LogP contribution in [0.1, 0.15) is 17.2 Å². The van der Waals surface area contributed by atoms with E-state index in [2.05, 4.69) is 15.3 Å². The van der Waals surface area contributed by atoms with Crippen molar-refractivity contribution in [3.05, 3.63) is 60.2 Å². The second-order valence-electron chi connectivity index (χ2n) is 4.73. The zero-order valence-electron chi connectivity index (χ0n) is 11.7. The third-order valence-electron chi connectivity index (χ3n) is 2.95. The van der Waals surface area contributed by atoms with E-state index in [-0.39, 0.29) is 11.9 Å². The van der Waals surface area contributed by atoms with Crippen LogP contribution in [0.15, 0.2) is 49.1 Å². The minimum Gasteiger partial charge on any atom is -0.350 e. The second kappa shape index (κ2) is 6.77. The zero-order valence-corrected chi connectivity index (χ0v) is 11.7. The third-order valence-corrected chi connectivity index (χ3v) is 2.95. The molecule has 104 valence electrons. The molecule has 0 aliphatic rings. The minimum absolute atomic E-state index is 0.0492. The molecule has 0 fully saturated rings. The summed E-state index contributed by atoms with van der Waals surface area (Å²) in [5.74, 6) is -0.0492. The van der Waals surface area contributed by atoms with Crippen molar-refractivity contribution in [1.29, 1.82) is 0 Å². The lowest BCUT2D eigenvalue weighted by atomic mass is 10.1. The molecule has 2 aromatic heterocycles. The van der Waals surface area contributed by atoms with Gasteiger partial charge in [-0.3, -0.25) is 19.7 Å². The average Bonchev–Trinajstić information content (AvgIpc) is 2.47. The number of pyridine rings is 2. The fraction of sp³-hybridized carbons (Fsp3) is 0.267. The number of hydrogen-bond donors (Lipinski definition) is 1. The molecule has 1 N–H and O–H groups in total. The molecule has 5 nitrogen and oxygen atoms in total. The Kier molecular flexibility index (Phi) is 4.79. The summed E-state index contributed by atoms with van der Waals surface area (Å²) >= 11 is 0. The smallest absolute Gasteiger partial charge is 0.242 e. The van der Waals surface area contributed by atoms with Gasteiger partial charge in [-0.05, 0) is 37.4 Å². The van der Waals surface area contributed by atoms with Crippen molar-refractivity contribution >= 4 is 5.91 Å². The summed E-state index contributed by atoms with van der Waals surface area (Å²) < 4.78 is 0. The van der Waals surface area contributed by atoms with Crippen LogP contribution in [-0.4, -0.2) is 34.9 Å². The first-order valence-corrected chi connectivity index (χ1v) is 6.41. The van der Waals surface area contributed by atoms with Crippen LogP contribution >= 0.6 is 0 Å². The van der Waals surface area contributed by atoms with Gasteiger partial charge in [-0.1, -0.05) is 12.1 Å². The van der Waals surface area contributed by atoms with Crippen LogP contribution in [0.5, 0.6) is 0 Å². The Balaban J connectivity index is 2.05. The Morgan fingerprint density at radius 1 is 1.20 bits per heavy atom. The van der Waals surface area contributed by atoms with E-state index in [1.165, 1.54) is 0 Å². The van der Waals surface area contributed by atoms with Crippen LogP contribution in [-0.2, 0) is 11.3 Å². The van der Waals surface area contributed by atoms with E-state index in [9.17, 15) is 4.79 Å². The number of carbonyl (C=O) groups is 1. The average molecular weight is 270 g/mol. The highest BCUT2D eigenvalue weighted by Crippen LogP contribution is 2.17. The molecule has 0 radical (unpaired) electrons. The normalized spacial score (nSPS) is 12.2. The summed E-state index contributed by atoms with van der Waals surface area (Å²) in [4.78, 5) is 22.3. The molecule has 1 atom stereocenters. The third kappa shape index (κ3) is 3.61. The molecule has 2 rings (SSSR count). The van der Waals surface area contributed by atoms with Gasteiger partial charge in [0.15, 0.2) is 0 Å². The molecular weight excluding hydrogens is 252 g/mol. The van der Waals surface area contributed by atoms with Crippen molar-refractivity contribution < 1.29 is 4.79 Å². The van der Waals surface area contributed by atoms with Crippen LogP contribution in [0.4, 0.5) is 0 Å². The van der Waals surface area contributed by atoms with Crippen LogP contribution in [0.2, 0.25) is 0 Å². The van der Waals surface area contributed by atoms with Gasteiger partial charge in [-0.2, -0.15) is 0 Å². The Hall–Kier alpha value is -2.27. The number of nitrogens with zero attached hydrogens (tertiary/aromatic N) is 3. The van der Waals surface area contributed by atoms with Crippen molar-refractivity contribution in [3.8, 4) is 0 Å². The molecular formula is C15H18N4O. The highest BCUT2D eigenvalue weighted by atomic mass is 16.2. The number of hydrogen-bond acceptors (Lipinski definition) is 4. The van der Waals surface area contributed by atoms with E-state index in [1.807, 2.05) is 43.3 Å². The van der Waals surface area contributed by atoms with Gasteiger partial charge in [-0.15, -0.1) is 0 Å². The topological polar surface area (TPSA) is 58.1 Å². The Morgan fingerprint density at radius 3 is 2.45 bits per heavy atom. The van der Waals surface area contributed by atoms with E-state index < -0.39 is 0 Å². The van der Waals surface area contributed by atoms with E-state index in [1.54, 1.807) is 24.8 Å². The number of rotatable bonds is 5. The number of amides is 1. The molecule has 0 aliphatic heterocycles. The van der Waals surface area contributed by atoms with Crippen LogP contribution in [0.3, 0.4) is 0 Å². The maximum absolute atomic E-state index is 12.4. The fourth-order valence-electron chi connectivity index (χ4n) is 2.01. The minimum atomic E-state index is -0.347. The summed E-state index contributed by atoms with van der Waals surface area (Å²) in [6.45, 7) is 0.470. The number of nitrogens with one attached hydrogen (secondary N) is 1. The molecule has 1 amide bonds. The van der Waals surface area contributed by atoms with E-state index in [0.717, 1.165) is 11.1 Å². The van der Waals surface area contributed by atoms with Gasteiger partial charge in [0.2, 0.25) is 5.91 Å². The largest absolute Gasteiger partial charge is 0.350 e. The molecule has 0 spiro atoms. The summed E-state index contributed by atoms with van der Waals surface area (Å²) in [7, 11) is 3.75. The fourth-order valence-corrected chi connectivity index (χ4v) is 2.01. The Bertz CT molecular complexity index is 542. The first kappa shape index (κ1) is 14.1. The Morgan fingerprint density at radius 2 is 1.90 bits per heavy atom. The van der Waals surface area contributed by atoms with Gasteiger partial charge in [0.1, 0.15) is 6.04 Å². The van der Waals surface area contributed by atoms with Gasteiger partial charge < -0.3 is 5.32 Å². The Labute approximate surface area is 118 Å². The van der Waals surface area contributed by atoms with Gasteiger partial charge in [0.25, 0.3) is 0 Å². The van der Waals surface area contributed by atoms with E-state index in [0.29, 0.717) is 6.54 Å². The van der Waals surface area contributed by atoms with E-state index in [4.69, 9.17) is 0 Å². The van der Waals surface area contributed by atoms with E-state index >= 15 is 0 Å². The number of likely N-dealkylation sites (N-methyl/N-ethyl adjacent to an activating group) is 1. The molecule has 0 bridgehead atoms. The first-order valence-electron chi connectivity index (χ1n) is 6.41. The predicted octanol–water partition coefficient (Wildman–Crippen LogP) is 1.40. The maximum Gasteiger partial charge on any atom is 0.242 e. The monoisotopic (exact) mass is 270 g/mol. The SMILES string of the molecule is CN(C)C(C(=O)NCc1cccnc1)c1cccnc1. The van der Waals surface area contributed by atoms with Crippen LogP contribution in [0.25, 0.3) is 0 Å². The summed E-state index contributed by atoms with van der Waals surface area (Å²) in [6.07, 6.45) is 6.87. The predicted molar refractivity (Wildman–Crippen MR) is 76.7 cm³/mol. The summed E-state index contributed by atoms with van der Waals surface area (Å²) in [5, 5.41) is 2.93. The van der Waals surface area contributed by atoms with Gasteiger partial charge in [0, 0.05) is 31.3 Å². The zero-order chi connectivity index (χ0) is 14.4. The molecule has 1 unspecified atom stereocenters. The lowest BCUT2D eigenvalue weighted by Crippen LogP contribution is -2.36. The molecule has 0 saturated heterocycles. The maximum atomic E-state index is 12.4. The molecule has 0 aromatic carbocycles. The van der Waals surface area contributed by atoms with Crippen molar-refractivity contribution in [2.45, 2.75) is 12.6 Å². The lowest BCUT2D eigenvalue weighted by molar-refractivity contribution is -0.125. The van der Waals surface area contributed by atoms with Crippen molar-refractivity contribution in [3.63, 3.8) is 0 Å². The second-order valence-corrected chi connectivity index (χ2v) is 4.73. The molecule has 2 heterocycles. The highest BCUT2D eigenvalue weighted by Gasteiger charge is 2.22. The number of aromatic nitrogens is 2. The summed E-state index contributed by atoms with van der Waals surface area (Å²) in [6, 6.07) is 7.18. The quantitative estimate of drug-likeness (QED) is 0.892. The van der Waals surface area contributed by atoms with Gasteiger partial charge in [-0.25, -0.2) is 0 Å². The molecule has 0 aliphatic carbocycles. The van der Waals surface area contributed by atoms with Crippen LogP contribution < -0.4 is 5.32 Å². The molecule has 2 aromatic rings. The van der Waals surface area contributed by atoms with Crippen molar-refractivity contribution in [1.82, 2.24) is 20.2 Å². The van der Waals surface area contributed by atoms with Crippen LogP contribution in [0, 0.1) is 0 Å². The number of carbonyl (C=O) groups excluding carboxylic acids is 1. The summed E-state index contributed by atoms with van der Waals surface area (Å²) in [5.41, 5.74) is 1.85. The molecule has 0 saturated carbocycles. The highest BCUT2D eigenvalue weighted by molar-refractivity contribution is 5.83. The van der Waals surface area contributed by atoms with Gasteiger partial charge in [0.05, 0.1) is 0 Å².